The van der Waals surface area contributed by atoms with Gasteiger partial charge in [0.15, 0.2) is 5.82 Å². The summed E-state index contributed by atoms with van der Waals surface area (Å²) in [5.41, 5.74) is 0.774. The van der Waals surface area contributed by atoms with Gasteiger partial charge >= 0.3 is 6.03 Å². The molecule has 0 bridgehead atoms. The summed E-state index contributed by atoms with van der Waals surface area (Å²) in [6.07, 6.45) is 4.63. The van der Waals surface area contributed by atoms with Gasteiger partial charge in [-0.1, -0.05) is 0 Å². The lowest BCUT2D eigenvalue weighted by atomic mass is 10.2. The van der Waals surface area contributed by atoms with Gasteiger partial charge in [0.1, 0.15) is 0 Å². The maximum Gasteiger partial charge on any atom is 0.319 e. The molecule has 7 heteroatoms. The highest BCUT2D eigenvalue weighted by Gasteiger charge is 2.22. The summed E-state index contributed by atoms with van der Waals surface area (Å²) in [5.74, 6) is 0.867. The molecule has 3 rings (SSSR count). The fourth-order valence-corrected chi connectivity index (χ4v) is 3.64. The predicted molar refractivity (Wildman–Crippen MR) is 99.2 cm³/mol. The van der Waals surface area contributed by atoms with Crippen LogP contribution in [0.25, 0.3) is 0 Å². The molecule has 2 aliphatic rings. The lowest BCUT2D eigenvalue weighted by Gasteiger charge is -2.35. The summed E-state index contributed by atoms with van der Waals surface area (Å²) in [6, 6.07) is 3.58. The number of nitrogens with zero attached hydrogens (tertiary/aromatic N) is 3. The number of ether oxygens (including phenoxy) is 1. The van der Waals surface area contributed by atoms with E-state index in [1.807, 2.05) is 12.1 Å². The summed E-state index contributed by atoms with van der Waals surface area (Å²) < 4.78 is 5.73. The number of hydrogen-bond acceptors (Lipinski definition) is 5. The van der Waals surface area contributed by atoms with E-state index in [1.54, 1.807) is 6.20 Å². The van der Waals surface area contributed by atoms with Crippen LogP contribution in [-0.2, 0) is 4.74 Å². The van der Waals surface area contributed by atoms with Gasteiger partial charge in [-0.3, -0.25) is 4.90 Å². The van der Waals surface area contributed by atoms with Gasteiger partial charge in [-0.15, -0.1) is 0 Å². The normalized spacial score (nSPS) is 24.3. The first kappa shape index (κ1) is 17.9. The molecule has 0 aromatic carbocycles. The van der Waals surface area contributed by atoms with Gasteiger partial charge < -0.3 is 20.3 Å². The molecule has 2 fully saturated rings. The van der Waals surface area contributed by atoms with Crippen molar-refractivity contribution >= 4 is 17.5 Å². The largest absolute Gasteiger partial charge is 0.373 e. The number of amides is 2. The highest BCUT2D eigenvalue weighted by molar-refractivity contribution is 5.92. The van der Waals surface area contributed by atoms with Crippen LogP contribution in [0.5, 0.6) is 0 Å². The molecule has 2 aliphatic heterocycles. The van der Waals surface area contributed by atoms with Crippen LogP contribution in [0.4, 0.5) is 16.3 Å². The zero-order chi connectivity index (χ0) is 17.6. The third-order valence-corrected chi connectivity index (χ3v) is 4.65. The van der Waals surface area contributed by atoms with Gasteiger partial charge in [-0.05, 0) is 38.8 Å². The summed E-state index contributed by atoms with van der Waals surface area (Å²) >= 11 is 0. The molecular weight excluding hydrogens is 318 g/mol. The number of carbonyl (C=O) groups is 1. The summed E-state index contributed by atoms with van der Waals surface area (Å²) in [5, 5.41) is 5.89. The molecule has 0 radical (unpaired) electrons. The van der Waals surface area contributed by atoms with Crippen LogP contribution in [0.1, 0.15) is 26.7 Å². The Morgan fingerprint density at radius 2 is 2.00 bits per heavy atom. The molecule has 2 amide bonds. The van der Waals surface area contributed by atoms with Gasteiger partial charge in [-0.2, -0.15) is 0 Å². The lowest BCUT2D eigenvalue weighted by molar-refractivity contribution is -0.0672. The minimum atomic E-state index is -0.178. The number of rotatable bonds is 5. The number of carbonyl (C=O) groups excluding carboxylic acids is 1. The van der Waals surface area contributed by atoms with E-state index in [4.69, 9.17) is 4.74 Å². The predicted octanol–water partition coefficient (Wildman–Crippen LogP) is 1.91. The Kier molecular flexibility index (Phi) is 6.09. The van der Waals surface area contributed by atoms with E-state index >= 15 is 0 Å². The van der Waals surface area contributed by atoms with E-state index in [-0.39, 0.29) is 18.2 Å². The summed E-state index contributed by atoms with van der Waals surface area (Å²) in [6.45, 7) is 9.45. The van der Waals surface area contributed by atoms with E-state index in [0.29, 0.717) is 6.54 Å². The Bertz CT molecular complexity index is 566. The van der Waals surface area contributed by atoms with E-state index < -0.39 is 0 Å². The van der Waals surface area contributed by atoms with Gasteiger partial charge in [0.05, 0.1) is 17.9 Å². The highest BCUT2D eigenvalue weighted by Crippen LogP contribution is 2.25. The van der Waals surface area contributed by atoms with E-state index in [9.17, 15) is 4.79 Å². The molecule has 0 saturated carbocycles. The van der Waals surface area contributed by atoms with Crippen molar-refractivity contribution in [2.75, 3.05) is 49.5 Å². The Balaban J connectivity index is 1.46. The first-order chi connectivity index (χ1) is 12.1. The zero-order valence-corrected chi connectivity index (χ0v) is 15.2. The van der Waals surface area contributed by atoms with Gasteiger partial charge in [0.25, 0.3) is 0 Å². The fraction of sp³-hybridized carbons (Fsp3) is 0.667. The minimum absolute atomic E-state index is 0.178. The molecule has 1 aromatic heterocycles. The van der Waals surface area contributed by atoms with Crippen LogP contribution in [0.2, 0.25) is 0 Å². The van der Waals surface area contributed by atoms with Gasteiger partial charge in [0.2, 0.25) is 0 Å². The van der Waals surface area contributed by atoms with Crippen LogP contribution in [0.15, 0.2) is 18.3 Å². The highest BCUT2D eigenvalue weighted by atomic mass is 16.5. The van der Waals surface area contributed by atoms with Crippen LogP contribution in [0.3, 0.4) is 0 Å². The van der Waals surface area contributed by atoms with Crippen LogP contribution in [0, 0.1) is 0 Å². The maximum atomic E-state index is 12.2. The second-order valence-electron chi connectivity index (χ2n) is 6.97. The molecule has 0 unspecified atom stereocenters. The van der Waals surface area contributed by atoms with Crippen molar-refractivity contribution < 1.29 is 9.53 Å². The monoisotopic (exact) mass is 347 g/mol. The van der Waals surface area contributed by atoms with Crippen molar-refractivity contribution in [2.45, 2.75) is 38.9 Å². The van der Waals surface area contributed by atoms with Crippen LogP contribution in [-0.4, -0.2) is 67.4 Å². The number of nitrogens with one attached hydrogen (secondary N) is 2. The molecule has 2 atom stereocenters. The first-order valence-electron chi connectivity index (χ1n) is 9.24. The second kappa shape index (κ2) is 8.49. The van der Waals surface area contributed by atoms with Crippen molar-refractivity contribution in [3.63, 3.8) is 0 Å². The first-order valence-corrected chi connectivity index (χ1v) is 9.24. The SMILES string of the molecule is C[C@@H]1CN(CCNC(=O)Nc2cccnc2N2CCCC2)C[C@H](C)O1. The summed E-state index contributed by atoms with van der Waals surface area (Å²) in [4.78, 5) is 21.2. The average Bonchev–Trinajstić information content (AvgIpc) is 3.09. The number of anilines is 2. The molecule has 0 aliphatic carbocycles. The number of hydrogen-bond donors (Lipinski definition) is 2. The molecule has 0 spiro atoms. The van der Waals surface area contributed by atoms with E-state index in [1.165, 1.54) is 12.8 Å². The van der Waals surface area contributed by atoms with Crippen molar-refractivity contribution in [3.05, 3.63) is 18.3 Å². The van der Waals surface area contributed by atoms with Crippen LogP contribution < -0.4 is 15.5 Å². The standard InChI is InChI=1S/C18H29N5O2/c1-14-12-22(13-15(2)25-14)11-8-20-18(24)21-16-6-5-7-19-17(16)23-9-3-4-10-23/h5-7,14-15H,3-4,8-13H2,1-2H3,(H2,20,21,24)/t14-,15+. The Morgan fingerprint density at radius 3 is 2.72 bits per heavy atom. The third kappa shape index (κ3) is 5.06. The van der Waals surface area contributed by atoms with Gasteiger partial charge in [0, 0.05) is 45.5 Å². The lowest BCUT2D eigenvalue weighted by Crippen LogP contribution is -2.48. The van der Waals surface area contributed by atoms with Crippen molar-refractivity contribution in [3.8, 4) is 0 Å². The molecule has 138 valence electrons. The fourth-order valence-electron chi connectivity index (χ4n) is 3.64. The van der Waals surface area contributed by atoms with E-state index in [0.717, 1.165) is 44.2 Å². The molecule has 2 saturated heterocycles. The number of aromatic nitrogens is 1. The van der Waals surface area contributed by atoms with Crippen molar-refractivity contribution in [2.24, 2.45) is 0 Å². The smallest absolute Gasteiger partial charge is 0.319 e. The molecule has 3 heterocycles. The van der Waals surface area contributed by atoms with E-state index in [2.05, 4.69) is 39.3 Å². The van der Waals surface area contributed by atoms with Crippen molar-refractivity contribution in [1.82, 2.24) is 15.2 Å². The Hall–Kier alpha value is -1.86. The molecule has 1 aromatic rings. The third-order valence-electron chi connectivity index (χ3n) is 4.65. The molecule has 2 N–H and O–H groups in total. The second-order valence-corrected chi connectivity index (χ2v) is 6.97. The quantitative estimate of drug-likeness (QED) is 0.851. The maximum absolute atomic E-state index is 12.2. The number of pyridine rings is 1. The minimum Gasteiger partial charge on any atom is -0.373 e. The molecule has 25 heavy (non-hydrogen) atoms. The van der Waals surface area contributed by atoms with Crippen molar-refractivity contribution in [1.29, 1.82) is 0 Å². The zero-order valence-electron chi connectivity index (χ0n) is 15.2. The average molecular weight is 347 g/mol. The molecular formula is C18H29N5O2. The van der Waals surface area contributed by atoms with Crippen LogP contribution >= 0.6 is 0 Å². The molecule has 7 nitrogen and oxygen atoms in total. The summed E-state index contributed by atoms with van der Waals surface area (Å²) in [7, 11) is 0. The number of urea groups is 1. The van der Waals surface area contributed by atoms with Gasteiger partial charge in [-0.25, -0.2) is 9.78 Å². The topological polar surface area (TPSA) is 69.7 Å². The Labute approximate surface area is 149 Å². The number of morpholine rings is 1. The Morgan fingerprint density at radius 1 is 1.28 bits per heavy atom.